The lowest BCUT2D eigenvalue weighted by Gasteiger charge is -2.64. The van der Waals surface area contributed by atoms with Crippen molar-refractivity contribution in [3.05, 3.63) is 34.4 Å². The quantitative estimate of drug-likeness (QED) is 0.134. The summed E-state index contributed by atoms with van der Waals surface area (Å²) in [5.74, 6) is 2.53. The molecule has 4 aliphatic carbocycles. The van der Waals surface area contributed by atoms with Gasteiger partial charge in [0, 0.05) is 31.7 Å². The average molecular weight is 552 g/mol. The monoisotopic (exact) mass is 551 g/mol. The zero-order valence-electron chi connectivity index (χ0n) is 25.0. The molecule has 5 nitrogen and oxygen atoms in total. The van der Waals surface area contributed by atoms with Crippen molar-refractivity contribution in [2.24, 2.45) is 28.6 Å². The van der Waals surface area contributed by atoms with Gasteiger partial charge in [-0.05, 0) is 91.2 Å². The number of nitrogens with one attached hydrogen (secondary N) is 1. The molecule has 7 atom stereocenters. The van der Waals surface area contributed by atoms with Gasteiger partial charge in [0.15, 0.2) is 22.5 Å². The molecular formula is C33H45NO4S. The summed E-state index contributed by atoms with van der Waals surface area (Å²) >= 11 is 1.36. The molecule has 6 heteroatoms. The minimum atomic E-state index is -0.415. The van der Waals surface area contributed by atoms with Gasteiger partial charge in [-0.1, -0.05) is 57.5 Å². The molecule has 0 heterocycles. The smallest absolute Gasteiger partial charge is 0.308 e. The maximum Gasteiger partial charge on any atom is 0.308 e. The topological polar surface area (TPSA) is 76.5 Å². The summed E-state index contributed by atoms with van der Waals surface area (Å²) < 4.78 is 11.6. The molecule has 3 fully saturated rings. The first-order valence-corrected chi connectivity index (χ1v) is 15.6. The van der Waals surface area contributed by atoms with Crippen LogP contribution >= 0.6 is 11.8 Å². The van der Waals surface area contributed by atoms with Crippen LogP contribution in [0.3, 0.4) is 0 Å². The van der Waals surface area contributed by atoms with Crippen LogP contribution in [0.5, 0.6) is 11.5 Å². The molecular weight excluding hydrogens is 506 g/mol. The average Bonchev–Trinajstić information content (AvgIpc) is 2.82. The van der Waals surface area contributed by atoms with Crippen molar-refractivity contribution in [1.82, 2.24) is 0 Å². The summed E-state index contributed by atoms with van der Waals surface area (Å²) in [4.78, 5) is 24.7. The summed E-state index contributed by atoms with van der Waals surface area (Å²) in [7, 11) is 0. The Labute approximate surface area is 238 Å². The number of ether oxygens (including phenoxy) is 2. The summed E-state index contributed by atoms with van der Waals surface area (Å²) in [6.45, 7) is 16.4. The lowest BCUT2D eigenvalue weighted by molar-refractivity contribution is -0.132. The molecule has 5 rings (SSSR count). The van der Waals surface area contributed by atoms with Crippen LogP contribution in [0.25, 0.3) is 0 Å². The van der Waals surface area contributed by atoms with Crippen molar-refractivity contribution in [3.63, 3.8) is 0 Å². The Hall–Kier alpha value is -2.08. The maximum absolute atomic E-state index is 12.6. The van der Waals surface area contributed by atoms with E-state index in [0.717, 1.165) is 34.9 Å². The van der Waals surface area contributed by atoms with E-state index in [1.165, 1.54) is 62.8 Å². The number of carbonyl (C=O) groups excluding carboxylic acids is 2. The van der Waals surface area contributed by atoms with E-state index < -0.39 is 5.97 Å². The van der Waals surface area contributed by atoms with Gasteiger partial charge in [-0.15, -0.1) is 0 Å². The van der Waals surface area contributed by atoms with Crippen LogP contribution in [0.2, 0.25) is 0 Å². The number of esters is 1. The lowest BCUT2D eigenvalue weighted by Crippen LogP contribution is -2.55. The van der Waals surface area contributed by atoms with Gasteiger partial charge in [-0.3, -0.25) is 15.0 Å². The van der Waals surface area contributed by atoms with E-state index >= 15 is 0 Å². The van der Waals surface area contributed by atoms with Crippen molar-refractivity contribution < 1.29 is 19.1 Å². The van der Waals surface area contributed by atoms with E-state index in [0.29, 0.717) is 22.8 Å². The van der Waals surface area contributed by atoms with E-state index in [1.807, 2.05) is 13.0 Å². The highest BCUT2D eigenvalue weighted by molar-refractivity contribution is 8.13. The minimum Gasteiger partial charge on any atom is -0.440 e. The van der Waals surface area contributed by atoms with Gasteiger partial charge in [0.2, 0.25) is 0 Å². The molecule has 0 bridgehead atoms. The number of rotatable bonds is 3. The molecule has 0 amide bonds. The highest BCUT2D eigenvalue weighted by atomic mass is 32.2. The molecule has 3 saturated carbocycles. The van der Waals surface area contributed by atoms with Crippen LogP contribution in [-0.2, 0) is 15.0 Å². The molecule has 1 aromatic rings. The first kappa shape index (κ1) is 28.4. The Morgan fingerprint density at radius 1 is 1.00 bits per heavy atom. The predicted octanol–water partition coefficient (Wildman–Crippen LogP) is 8.47. The standard InChI is InChI=1S/C33H45NO4S/c1-18-9-11-31(6)13-14-33(8)23(24(31)15-18)10-12-32(7)25-16-26(38-21(4)35)30(37-20(3)34)19(2)29(25)27(17-28(32)33)39-22(5)36/h16-18,23-24,27,34H,9-15H2,1-8H3. The van der Waals surface area contributed by atoms with Crippen LogP contribution in [-0.4, -0.2) is 17.0 Å². The molecule has 39 heavy (non-hydrogen) atoms. The first-order chi connectivity index (χ1) is 18.2. The number of allylic oxidation sites excluding steroid dienone is 1. The van der Waals surface area contributed by atoms with Crippen molar-refractivity contribution in [2.45, 2.75) is 111 Å². The van der Waals surface area contributed by atoms with Crippen molar-refractivity contribution in [2.75, 3.05) is 0 Å². The molecule has 0 aliphatic heterocycles. The van der Waals surface area contributed by atoms with Gasteiger partial charge in [0.25, 0.3) is 0 Å². The summed E-state index contributed by atoms with van der Waals surface area (Å²) in [5.41, 5.74) is 4.81. The zero-order valence-corrected chi connectivity index (χ0v) is 25.8. The van der Waals surface area contributed by atoms with E-state index in [4.69, 9.17) is 14.9 Å². The Morgan fingerprint density at radius 3 is 2.36 bits per heavy atom. The fourth-order valence-electron chi connectivity index (χ4n) is 9.07. The van der Waals surface area contributed by atoms with Crippen LogP contribution < -0.4 is 9.47 Å². The number of thioether (sulfide) groups is 1. The molecule has 212 valence electrons. The van der Waals surface area contributed by atoms with Gasteiger partial charge < -0.3 is 9.47 Å². The van der Waals surface area contributed by atoms with Gasteiger partial charge in [0.05, 0.1) is 5.25 Å². The van der Waals surface area contributed by atoms with Gasteiger partial charge in [0.1, 0.15) is 0 Å². The zero-order chi connectivity index (χ0) is 28.5. The number of carbonyl (C=O) groups is 2. The SMILES string of the molecule is CC(=N)Oc1c(OC(C)=O)cc2c(c1C)C(SC(C)=O)C=C1C2(C)CCC2C3CC(C)CCC3(C)CCC12C. The first-order valence-electron chi connectivity index (χ1n) is 14.7. The molecule has 7 unspecified atom stereocenters. The number of fused-ring (bicyclic) bond motifs is 7. The van der Waals surface area contributed by atoms with E-state index in [1.54, 1.807) is 13.8 Å². The molecule has 0 spiro atoms. The molecule has 4 aliphatic rings. The summed E-state index contributed by atoms with van der Waals surface area (Å²) in [5, 5.41) is 7.93. The highest BCUT2D eigenvalue weighted by Crippen LogP contribution is 2.70. The Morgan fingerprint density at radius 2 is 1.72 bits per heavy atom. The van der Waals surface area contributed by atoms with E-state index in [9.17, 15) is 9.59 Å². The largest absolute Gasteiger partial charge is 0.440 e. The van der Waals surface area contributed by atoms with Gasteiger partial charge >= 0.3 is 5.97 Å². The normalized spacial score (nSPS) is 36.9. The minimum absolute atomic E-state index is 0.0282. The Kier molecular flexibility index (Phi) is 7.13. The molecule has 0 aromatic heterocycles. The van der Waals surface area contributed by atoms with Crippen LogP contribution in [0, 0.1) is 40.9 Å². The van der Waals surface area contributed by atoms with Crippen LogP contribution in [0.15, 0.2) is 17.7 Å². The third-order valence-electron chi connectivity index (χ3n) is 11.0. The van der Waals surface area contributed by atoms with Crippen molar-refractivity contribution in [1.29, 1.82) is 5.41 Å². The third-order valence-corrected chi connectivity index (χ3v) is 11.9. The number of benzene rings is 1. The predicted molar refractivity (Wildman–Crippen MR) is 158 cm³/mol. The van der Waals surface area contributed by atoms with Crippen LogP contribution in [0.4, 0.5) is 0 Å². The second-order valence-electron chi connectivity index (χ2n) is 13.7. The molecule has 1 N–H and O–H groups in total. The van der Waals surface area contributed by atoms with Crippen molar-refractivity contribution in [3.8, 4) is 11.5 Å². The Bertz CT molecular complexity index is 1270. The van der Waals surface area contributed by atoms with Crippen LogP contribution in [0.1, 0.15) is 115 Å². The van der Waals surface area contributed by atoms with E-state index in [-0.39, 0.29) is 27.1 Å². The Balaban J connectivity index is 1.70. The summed E-state index contributed by atoms with van der Waals surface area (Å²) in [6, 6.07) is 1.99. The maximum atomic E-state index is 12.6. The van der Waals surface area contributed by atoms with Gasteiger partial charge in [-0.2, -0.15) is 0 Å². The number of hydrogen-bond donors (Lipinski definition) is 1. The van der Waals surface area contributed by atoms with Crippen molar-refractivity contribution >= 4 is 28.7 Å². The lowest BCUT2D eigenvalue weighted by atomic mass is 9.41. The second kappa shape index (κ2) is 9.78. The van der Waals surface area contributed by atoms with Gasteiger partial charge in [-0.25, -0.2) is 0 Å². The second-order valence-corrected chi connectivity index (χ2v) is 15.0. The fraction of sp³-hybridized carbons (Fsp3) is 0.667. The fourth-order valence-corrected chi connectivity index (χ4v) is 10.1. The third kappa shape index (κ3) is 4.59. The molecule has 1 aromatic carbocycles. The summed E-state index contributed by atoms with van der Waals surface area (Å²) in [6.07, 6.45) is 11.1. The van der Waals surface area contributed by atoms with E-state index in [2.05, 4.69) is 33.8 Å². The molecule has 0 radical (unpaired) electrons. The highest BCUT2D eigenvalue weighted by Gasteiger charge is 2.60. The number of hydrogen-bond acceptors (Lipinski definition) is 6. The molecule has 0 saturated heterocycles.